The largest absolute Gasteiger partial charge is 0.497 e. The third-order valence-corrected chi connectivity index (χ3v) is 4.35. The highest BCUT2D eigenvalue weighted by atomic mass is 16.5. The van der Waals surface area contributed by atoms with Crippen LogP contribution in [0.25, 0.3) is 10.9 Å². The highest BCUT2D eigenvalue weighted by molar-refractivity contribution is 5.84. The summed E-state index contributed by atoms with van der Waals surface area (Å²) in [7, 11) is 1.67. The number of aromatic amines is 1. The predicted octanol–water partition coefficient (Wildman–Crippen LogP) is 2.41. The molecule has 0 aliphatic carbocycles. The highest BCUT2D eigenvalue weighted by Gasteiger charge is 2.12. The average molecular weight is 340 g/mol. The number of nitrogen functional groups attached to an aromatic ring is 1. The zero-order chi connectivity index (χ0) is 17.8. The van der Waals surface area contributed by atoms with E-state index in [-0.39, 0.29) is 6.04 Å². The molecule has 25 heavy (non-hydrogen) atoms. The first-order chi connectivity index (χ1) is 12.1. The molecule has 0 saturated heterocycles. The molecular formula is C19H24N4O2. The Morgan fingerprint density at radius 3 is 2.88 bits per heavy atom. The van der Waals surface area contributed by atoms with Crippen molar-refractivity contribution in [1.82, 2.24) is 15.3 Å². The first-order valence-electron chi connectivity index (χ1n) is 8.33. The second-order valence-corrected chi connectivity index (χ2v) is 6.27. The highest BCUT2D eigenvalue weighted by Crippen LogP contribution is 2.24. The fourth-order valence-electron chi connectivity index (χ4n) is 2.90. The van der Waals surface area contributed by atoms with E-state index in [2.05, 4.69) is 22.2 Å². The molecule has 0 amide bonds. The number of H-pyrrole nitrogens is 1. The lowest BCUT2D eigenvalue weighted by Crippen LogP contribution is -2.32. The lowest BCUT2D eigenvalue weighted by atomic mass is 10.1. The fraction of sp³-hybridized carbons (Fsp3) is 0.316. The van der Waals surface area contributed by atoms with Crippen LogP contribution >= 0.6 is 0 Å². The van der Waals surface area contributed by atoms with Gasteiger partial charge in [-0.2, -0.15) is 0 Å². The van der Waals surface area contributed by atoms with E-state index in [0.29, 0.717) is 12.4 Å². The van der Waals surface area contributed by atoms with Crippen LogP contribution in [0.1, 0.15) is 24.2 Å². The molecule has 2 heterocycles. The normalized spacial score (nSPS) is 13.7. The van der Waals surface area contributed by atoms with Gasteiger partial charge in [0.1, 0.15) is 11.6 Å². The molecule has 0 saturated carbocycles. The summed E-state index contributed by atoms with van der Waals surface area (Å²) >= 11 is 0. The molecule has 5 N–H and O–H groups in total. The number of methoxy groups -OCH3 is 1. The number of nitrogens with one attached hydrogen (secondary N) is 2. The van der Waals surface area contributed by atoms with E-state index in [1.165, 1.54) is 5.56 Å². The van der Waals surface area contributed by atoms with Gasteiger partial charge in [-0.3, -0.25) is 0 Å². The minimum atomic E-state index is -0.612. The van der Waals surface area contributed by atoms with Crippen molar-refractivity contribution in [2.45, 2.75) is 25.5 Å². The number of aromatic nitrogens is 2. The van der Waals surface area contributed by atoms with Gasteiger partial charge in [-0.15, -0.1) is 0 Å². The lowest BCUT2D eigenvalue weighted by molar-refractivity contribution is 0.170. The summed E-state index contributed by atoms with van der Waals surface area (Å²) in [5.41, 5.74) is 8.64. The number of ether oxygens (including phenoxy) is 1. The van der Waals surface area contributed by atoms with E-state index in [0.717, 1.165) is 28.6 Å². The van der Waals surface area contributed by atoms with E-state index in [1.807, 2.05) is 24.4 Å². The average Bonchev–Trinajstić information content (AvgIpc) is 3.02. The van der Waals surface area contributed by atoms with Crippen molar-refractivity contribution in [2.24, 2.45) is 0 Å². The van der Waals surface area contributed by atoms with Gasteiger partial charge in [0.05, 0.1) is 13.2 Å². The summed E-state index contributed by atoms with van der Waals surface area (Å²) in [6.45, 7) is 2.56. The predicted molar refractivity (Wildman–Crippen MR) is 99.6 cm³/mol. The van der Waals surface area contributed by atoms with Crippen LogP contribution in [0, 0.1) is 0 Å². The van der Waals surface area contributed by atoms with Gasteiger partial charge in [0.15, 0.2) is 0 Å². The van der Waals surface area contributed by atoms with Gasteiger partial charge in [0.25, 0.3) is 0 Å². The number of hydrogen-bond donors (Lipinski definition) is 4. The minimum Gasteiger partial charge on any atom is -0.497 e. The summed E-state index contributed by atoms with van der Waals surface area (Å²) in [6, 6.07) is 9.71. The Kier molecular flexibility index (Phi) is 5.21. The van der Waals surface area contributed by atoms with Gasteiger partial charge in [0.2, 0.25) is 0 Å². The molecule has 3 rings (SSSR count). The molecule has 0 aliphatic heterocycles. The van der Waals surface area contributed by atoms with Crippen molar-refractivity contribution in [3.05, 3.63) is 53.9 Å². The molecular weight excluding hydrogens is 316 g/mol. The van der Waals surface area contributed by atoms with Crippen molar-refractivity contribution >= 4 is 16.7 Å². The van der Waals surface area contributed by atoms with Gasteiger partial charge >= 0.3 is 0 Å². The van der Waals surface area contributed by atoms with Crippen molar-refractivity contribution in [2.75, 3.05) is 19.4 Å². The van der Waals surface area contributed by atoms with Crippen LogP contribution in [-0.2, 0) is 6.42 Å². The standard InChI is InChI=1S/C19H24N4O2/c1-12(21-11-18(24)13-3-6-19(20)23-9-13)7-14-10-22-17-5-4-15(25-2)8-16(14)17/h3-6,8-10,12,18,21-22,24H,7,11H2,1-2H3,(H2,20,23)/t12-,18-/m0/s1. The van der Waals surface area contributed by atoms with Crippen LogP contribution in [0.5, 0.6) is 5.75 Å². The van der Waals surface area contributed by atoms with E-state index < -0.39 is 6.10 Å². The van der Waals surface area contributed by atoms with Crippen LogP contribution in [-0.4, -0.2) is 34.8 Å². The first-order valence-corrected chi connectivity index (χ1v) is 8.33. The van der Waals surface area contributed by atoms with Crippen LogP contribution in [0.2, 0.25) is 0 Å². The summed E-state index contributed by atoms with van der Waals surface area (Å²) in [6.07, 6.45) is 3.87. The molecule has 0 radical (unpaired) electrons. The Morgan fingerprint density at radius 1 is 1.32 bits per heavy atom. The molecule has 0 unspecified atom stereocenters. The van der Waals surface area contributed by atoms with Gasteiger partial charge in [0, 0.05) is 41.4 Å². The minimum absolute atomic E-state index is 0.210. The number of fused-ring (bicyclic) bond motifs is 1. The molecule has 6 nitrogen and oxygen atoms in total. The van der Waals surface area contributed by atoms with Gasteiger partial charge in [-0.05, 0) is 43.2 Å². The molecule has 3 aromatic rings. The second-order valence-electron chi connectivity index (χ2n) is 6.27. The Hall–Kier alpha value is -2.57. The first kappa shape index (κ1) is 17.3. The fourth-order valence-corrected chi connectivity index (χ4v) is 2.90. The van der Waals surface area contributed by atoms with Crippen molar-refractivity contribution in [1.29, 1.82) is 0 Å². The van der Waals surface area contributed by atoms with E-state index in [4.69, 9.17) is 10.5 Å². The summed E-state index contributed by atoms with van der Waals surface area (Å²) in [5, 5.41) is 14.8. The Bertz CT molecular complexity index is 829. The molecule has 0 aliphatic rings. The molecule has 0 bridgehead atoms. The molecule has 2 aromatic heterocycles. The Balaban J connectivity index is 1.60. The van der Waals surface area contributed by atoms with Gasteiger partial charge in [-0.1, -0.05) is 6.07 Å². The molecule has 132 valence electrons. The maximum atomic E-state index is 10.3. The van der Waals surface area contributed by atoms with Crippen LogP contribution < -0.4 is 15.8 Å². The van der Waals surface area contributed by atoms with Gasteiger partial charge in [-0.25, -0.2) is 4.98 Å². The summed E-state index contributed by atoms with van der Waals surface area (Å²) in [4.78, 5) is 7.30. The van der Waals surface area contributed by atoms with E-state index in [9.17, 15) is 5.11 Å². The van der Waals surface area contributed by atoms with E-state index in [1.54, 1.807) is 25.4 Å². The third kappa shape index (κ3) is 4.10. The monoisotopic (exact) mass is 340 g/mol. The number of aliphatic hydroxyl groups is 1. The second kappa shape index (κ2) is 7.55. The molecule has 0 fully saturated rings. The van der Waals surface area contributed by atoms with Crippen molar-refractivity contribution < 1.29 is 9.84 Å². The van der Waals surface area contributed by atoms with Crippen LogP contribution in [0.3, 0.4) is 0 Å². The number of anilines is 1. The number of benzene rings is 1. The summed E-state index contributed by atoms with van der Waals surface area (Å²) in [5.74, 6) is 1.30. The number of hydrogen-bond acceptors (Lipinski definition) is 5. The maximum absolute atomic E-state index is 10.3. The number of aliphatic hydroxyl groups excluding tert-OH is 1. The number of rotatable bonds is 7. The van der Waals surface area contributed by atoms with Gasteiger partial charge < -0.3 is 25.9 Å². The number of nitrogens with two attached hydrogens (primary N) is 1. The van der Waals surface area contributed by atoms with E-state index >= 15 is 0 Å². The van der Waals surface area contributed by atoms with Crippen molar-refractivity contribution in [3.63, 3.8) is 0 Å². The zero-order valence-electron chi connectivity index (χ0n) is 14.5. The maximum Gasteiger partial charge on any atom is 0.123 e. The zero-order valence-corrected chi connectivity index (χ0v) is 14.5. The summed E-state index contributed by atoms with van der Waals surface area (Å²) < 4.78 is 5.31. The van der Waals surface area contributed by atoms with Crippen molar-refractivity contribution in [3.8, 4) is 5.75 Å². The molecule has 1 aromatic carbocycles. The Labute approximate surface area is 147 Å². The number of pyridine rings is 1. The SMILES string of the molecule is COc1ccc2[nH]cc(C[C@H](C)NC[C@H](O)c3ccc(N)nc3)c2c1. The molecule has 0 spiro atoms. The topological polar surface area (TPSA) is 96.2 Å². The molecule has 2 atom stereocenters. The van der Waals surface area contributed by atoms with Crippen LogP contribution in [0.15, 0.2) is 42.7 Å². The van der Waals surface area contributed by atoms with Crippen LogP contribution in [0.4, 0.5) is 5.82 Å². The lowest BCUT2D eigenvalue weighted by Gasteiger charge is -2.17. The Morgan fingerprint density at radius 2 is 2.16 bits per heavy atom. The smallest absolute Gasteiger partial charge is 0.123 e. The number of nitrogens with zero attached hydrogens (tertiary/aromatic N) is 1. The third-order valence-electron chi connectivity index (χ3n) is 4.35. The molecule has 6 heteroatoms. The quantitative estimate of drug-likeness (QED) is 0.530.